The molecule has 2 aromatic rings. The second-order valence-electron chi connectivity index (χ2n) is 6.94. The normalized spacial score (nSPS) is 11.0. The van der Waals surface area contributed by atoms with Crippen molar-refractivity contribution in [3.63, 3.8) is 0 Å². The van der Waals surface area contributed by atoms with Gasteiger partial charge in [0.25, 0.3) is 0 Å². The monoisotopic (exact) mass is 390 g/mol. The topological polar surface area (TPSA) is 67.3 Å². The standard InChI is InChI=1S/C20H30N4O2S/c1-16(2)15-24(12-10-19(25)21-11-7-13-26-3)20-22-18(23-27-20)14-17-8-5-4-6-9-17/h4-6,8-9,16H,7,10-15H2,1-3H3,(H,21,25). The van der Waals surface area contributed by atoms with E-state index >= 15 is 0 Å². The number of amides is 1. The van der Waals surface area contributed by atoms with Crippen LogP contribution in [0.3, 0.4) is 0 Å². The van der Waals surface area contributed by atoms with Crippen LogP contribution in [-0.2, 0) is 16.0 Å². The smallest absolute Gasteiger partial charge is 0.221 e. The van der Waals surface area contributed by atoms with E-state index < -0.39 is 0 Å². The Hall–Kier alpha value is -1.99. The lowest BCUT2D eigenvalue weighted by molar-refractivity contribution is -0.120. The Balaban J connectivity index is 1.90. The third kappa shape index (κ3) is 8.05. The van der Waals surface area contributed by atoms with E-state index in [4.69, 9.17) is 9.72 Å². The summed E-state index contributed by atoms with van der Waals surface area (Å²) in [6.07, 6.45) is 2.01. The molecule has 27 heavy (non-hydrogen) atoms. The minimum Gasteiger partial charge on any atom is -0.385 e. The van der Waals surface area contributed by atoms with Crippen molar-refractivity contribution in [3.05, 3.63) is 41.7 Å². The second kappa shape index (κ2) is 11.7. The van der Waals surface area contributed by atoms with Crippen molar-refractivity contribution >= 4 is 22.6 Å². The van der Waals surface area contributed by atoms with E-state index in [1.807, 2.05) is 18.2 Å². The molecule has 6 nitrogen and oxygen atoms in total. The van der Waals surface area contributed by atoms with Crippen LogP contribution in [0.25, 0.3) is 0 Å². The molecule has 2 rings (SSSR count). The van der Waals surface area contributed by atoms with Gasteiger partial charge in [-0.2, -0.15) is 4.37 Å². The Kier molecular flexibility index (Phi) is 9.21. The minimum atomic E-state index is 0.0638. The van der Waals surface area contributed by atoms with Crippen LogP contribution in [0, 0.1) is 5.92 Å². The number of methoxy groups -OCH3 is 1. The number of nitrogens with zero attached hydrogens (tertiary/aromatic N) is 3. The average molecular weight is 391 g/mol. The predicted molar refractivity (Wildman–Crippen MR) is 110 cm³/mol. The maximum Gasteiger partial charge on any atom is 0.221 e. The first-order valence-electron chi connectivity index (χ1n) is 9.45. The zero-order valence-electron chi connectivity index (χ0n) is 16.5. The summed E-state index contributed by atoms with van der Waals surface area (Å²) in [6.45, 7) is 7.16. The van der Waals surface area contributed by atoms with E-state index in [1.54, 1.807) is 7.11 Å². The van der Waals surface area contributed by atoms with E-state index in [0.717, 1.165) is 30.3 Å². The highest BCUT2D eigenvalue weighted by molar-refractivity contribution is 7.09. The molecule has 1 aromatic carbocycles. The molecule has 0 aliphatic carbocycles. The fourth-order valence-corrected chi connectivity index (χ4v) is 3.42. The van der Waals surface area contributed by atoms with Crippen LogP contribution < -0.4 is 10.2 Å². The summed E-state index contributed by atoms with van der Waals surface area (Å²) in [7, 11) is 1.67. The zero-order valence-corrected chi connectivity index (χ0v) is 17.3. The molecule has 1 amide bonds. The molecular weight excluding hydrogens is 360 g/mol. The van der Waals surface area contributed by atoms with Gasteiger partial charge in [0.2, 0.25) is 11.0 Å². The Morgan fingerprint density at radius 2 is 2.07 bits per heavy atom. The van der Waals surface area contributed by atoms with Gasteiger partial charge in [0.15, 0.2) is 0 Å². The Bertz CT molecular complexity index is 676. The second-order valence-corrected chi connectivity index (χ2v) is 7.67. The van der Waals surface area contributed by atoms with Crippen molar-refractivity contribution in [2.24, 2.45) is 5.92 Å². The molecule has 1 N–H and O–H groups in total. The number of carbonyl (C=O) groups is 1. The van der Waals surface area contributed by atoms with E-state index in [9.17, 15) is 4.79 Å². The molecule has 7 heteroatoms. The number of rotatable bonds is 12. The number of hydrogen-bond acceptors (Lipinski definition) is 6. The van der Waals surface area contributed by atoms with Gasteiger partial charge in [-0.3, -0.25) is 4.79 Å². The summed E-state index contributed by atoms with van der Waals surface area (Å²) in [5.74, 6) is 1.38. The molecule has 0 bridgehead atoms. The van der Waals surface area contributed by atoms with Gasteiger partial charge in [-0.25, -0.2) is 4.98 Å². The van der Waals surface area contributed by atoms with Crippen LogP contribution in [0.4, 0.5) is 5.13 Å². The first-order chi connectivity index (χ1) is 13.1. The quantitative estimate of drug-likeness (QED) is 0.564. The number of hydrogen-bond donors (Lipinski definition) is 1. The molecule has 0 radical (unpaired) electrons. The highest BCUT2D eigenvalue weighted by Gasteiger charge is 2.15. The van der Waals surface area contributed by atoms with E-state index in [1.165, 1.54) is 17.1 Å². The largest absolute Gasteiger partial charge is 0.385 e. The van der Waals surface area contributed by atoms with Gasteiger partial charge in [0.05, 0.1) is 0 Å². The molecule has 1 aromatic heterocycles. The zero-order chi connectivity index (χ0) is 19.5. The first-order valence-corrected chi connectivity index (χ1v) is 10.2. The molecule has 0 atom stereocenters. The third-order valence-electron chi connectivity index (χ3n) is 3.97. The van der Waals surface area contributed by atoms with E-state index in [0.29, 0.717) is 32.0 Å². The number of carbonyl (C=O) groups excluding carboxylic acids is 1. The Morgan fingerprint density at radius 1 is 1.30 bits per heavy atom. The third-order valence-corrected chi connectivity index (χ3v) is 4.79. The molecule has 0 spiro atoms. The van der Waals surface area contributed by atoms with Crippen LogP contribution in [0.1, 0.15) is 38.1 Å². The SMILES string of the molecule is COCCCNC(=O)CCN(CC(C)C)c1nc(Cc2ccccc2)ns1. The lowest BCUT2D eigenvalue weighted by atomic mass is 10.1. The molecule has 0 fully saturated rings. The fourth-order valence-electron chi connectivity index (χ4n) is 2.70. The molecule has 148 valence electrons. The Labute approximate surface area is 166 Å². The number of ether oxygens (including phenoxy) is 1. The molecular formula is C20H30N4O2S. The summed E-state index contributed by atoms with van der Waals surface area (Å²) in [6, 6.07) is 10.2. The van der Waals surface area contributed by atoms with Crippen LogP contribution in [0.15, 0.2) is 30.3 Å². The van der Waals surface area contributed by atoms with Crippen molar-refractivity contribution < 1.29 is 9.53 Å². The maximum atomic E-state index is 12.1. The van der Waals surface area contributed by atoms with Crippen molar-refractivity contribution in [2.45, 2.75) is 33.1 Å². The number of nitrogens with one attached hydrogen (secondary N) is 1. The fraction of sp³-hybridized carbons (Fsp3) is 0.550. The number of benzene rings is 1. The van der Waals surface area contributed by atoms with E-state index in [2.05, 4.69) is 40.6 Å². The first kappa shape index (κ1) is 21.3. The van der Waals surface area contributed by atoms with Crippen LogP contribution in [0.5, 0.6) is 0 Å². The van der Waals surface area contributed by atoms with Crippen LogP contribution >= 0.6 is 11.5 Å². The molecule has 1 heterocycles. The van der Waals surface area contributed by atoms with Crippen molar-refractivity contribution in [1.82, 2.24) is 14.7 Å². The van der Waals surface area contributed by atoms with Crippen molar-refractivity contribution in [1.29, 1.82) is 0 Å². The van der Waals surface area contributed by atoms with E-state index in [-0.39, 0.29) is 5.91 Å². The van der Waals surface area contributed by atoms with Gasteiger partial charge in [-0.05, 0) is 17.9 Å². The molecule has 0 aliphatic rings. The highest BCUT2D eigenvalue weighted by atomic mass is 32.1. The molecule has 0 saturated carbocycles. The van der Waals surface area contributed by atoms with Crippen molar-refractivity contribution in [3.8, 4) is 0 Å². The summed E-state index contributed by atoms with van der Waals surface area (Å²) in [4.78, 5) is 18.9. The van der Waals surface area contributed by atoms with Gasteiger partial charge in [-0.1, -0.05) is 44.2 Å². The summed E-state index contributed by atoms with van der Waals surface area (Å²) < 4.78 is 9.51. The summed E-state index contributed by atoms with van der Waals surface area (Å²) >= 11 is 1.41. The number of aromatic nitrogens is 2. The lowest BCUT2D eigenvalue weighted by Gasteiger charge is -2.23. The molecule has 0 aliphatic heterocycles. The predicted octanol–water partition coefficient (Wildman–Crippen LogP) is 3.13. The number of anilines is 1. The highest BCUT2D eigenvalue weighted by Crippen LogP contribution is 2.20. The Morgan fingerprint density at radius 3 is 2.78 bits per heavy atom. The summed E-state index contributed by atoms with van der Waals surface area (Å²) in [5, 5.41) is 3.83. The summed E-state index contributed by atoms with van der Waals surface area (Å²) in [5.41, 5.74) is 1.20. The van der Waals surface area contributed by atoms with Crippen LogP contribution in [-0.4, -0.2) is 48.6 Å². The lowest BCUT2D eigenvalue weighted by Crippen LogP contribution is -2.33. The minimum absolute atomic E-state index is 0.0638. The molecule has 0 saturated heterocycles. The van der Waals surface area contributed by atoms with Gasteiger partial charge in [0, 0.05) is 57.7 Å². The van der Waals surface area contributed by atoms with Gasteiger partial charge in [0.1, 0.15) is 5.82 Å². The molecule has 0 unspecified atom stereocenters. The average Bonchev–Trinajstić information content (AvgIpc) is 3.11. The van der Waals surface area contributed by atoms with Gasteiger partial charge >= 0.3 is 0 Å². The van der Waals surface area contributed by atoms with Gasteiger partial charge < -0.3 is 15.0 Å². The maximum absolute atomic E-state index is 12.1. The van der Waals surface area contributed by atoms with Gasteiger partial charge in [-0.15, -0.1) is 0 Å². The van der Waals surface area contributed by atoms with Crippen LogP contribution in [0.2, 0.25) is 0 Å². The van der Waals surface area contributed by atoms with Crippen molar-refractivity contribution in [2.75, 3.05) is 38.3 Å².